The molecule has 2 aromatic rings. The molecule has 7 nitrogen and oxygen atoms in total. The number of halogens is 2. The maximum Gasteiger partial charge on any atom is 0.387 e. The van der Waals surface area contributed by atoms with Crippen LogP contribution in [0.4, 0.5) is 14.5 Å². The summed E-state index contributed by atoms with van der Waals surface area (Å²) < 4.78 is 44.2. The normalized spacial score (nSPS) is 10.3. The Labute approximate surface area is 166 Å². The van der Waals surface area contributed by atoms with E-state index in [2.05, 4.69) is 10.1 Å². The summed E-state index contributed by atoms with van der Waals surface area (Å²) in [4.78, 5) is 23.6. The second-order valence-electron chi connectivity index (χ2n) is 5.70. The SMILES string of the molecule is CCCOc1ccccc1OCC(=O)OCC(=O)Nc1ccc(OC(F)F)cc1. The van der Waals surface area contributed by atoms with Crippen LogP contribution in [0.3, 0.4) is 0 Å². The Bertz CT molecular complexity index is 798. The molecule has 29 heavy (non-hydrogen) atoms. The van der Waals surface area contributed by atoms with E-state index in [0.717, 1.165) is 6.42 Å². The van der Waals surface area contributed by atoms with Crippen LogP contribution in [0.25, 0.3) is 0 Å². The maximum absolute atomic E-state index is 12.1. The molecule has 0 saturated heterocycles. The lowest BCUT2D eigenvalue weighted by molar-refractivity contribution is -0.149. The van der Waals surface area contributed by atoms with E-state index in [1.54, 1.807) is 24.3 Å². The van der Waals surface area contributed by atoms with Gasteiger partial charge < -0.3 is 24.3 Å². The third-order valence-electron chi connectivity index (χ3n) is 3.38. The lowest BCUT2D eigenvalue weighted by atomic mass is 10.3. The minimum Gasteiger partial charge on any atom is -0.490 e. The van der Waals surface area contributed by atoms with Gasteiger partial charge in [0.25, 0.3) is 5.91 Å². The van der Waals surface area contributed by atoms with Gasteiger partial charge in [0.1, 0.15) is 5.75 Å². The number of carbonyl (C=O) groups excluding carboxylic acids is 2. The van der Waals surface area contributed by atoms with E-state index in [1.165, 1.54) is 24.3 Å². The van der Waals surface area contributed by atoms with Crippen molar-refractivity contribution >= 4 is 17.6 Å². The van der Waals surface area contributed by atoms with Crippen molar-refractivity contribution in [1.29, 1.82) is 0 Å². The van der Waals surface area contributed by atoms with Gasteiger partial charge in [-0.15, -0.1) is 0 Å². The first-order valence-electron chi connectivity index (χ1n) is 8.83. The average molecular weight is 409 g/mol. The van der Waals surface area contributed by atoms with Crippen LogP contribution in [0.5, 0.6) is 17.2 Å². The fraction of sp³-hybridized carbons (Fsp3) is 0.300. The molecule has 1 amide bonds. The molecule has 1 N–H and O–H groups in total. The van der Waals surface area contributed by atoms with Crippen molar-refractivity contribution in [2.75, 3.05) is 25.1 Å². The van der Waals surface area contributed by atoms with Crippen molar-refractivity contribution in [3.63, 3.8) is 0 Å². The summed E-state index contributed by atoms with van der Waals surface area (Å²) in [6.45, 7) is -1.36. The van der Waals surface area contributed by atoms with Crippen molar-refractivity contribution in [2.45, 2.75) is 20.0 Å². The molecule has 0 saturated carbocycles. The molecule has 0 aromatic heterocycles. The molecule has 0 aliphatic rings. The number of ether oxygens (including phenoxy) is 4. The van der Waals surface area contributed by atoms with Crippen LogP contribution in [0.1, 0.15) is 13.3 Å². The van der Waals surface area contributed by atoms with Crippen molar-refractivity contribution in [3.8, 4) is 17.2 Å². The first kappa shape index (κ1) is 21.9. The van der Waals surface area contributed by atoms with E-state index in [0.29, 0.717) is 23.8 Å². The molecule has 2 rings (SSSR count). The molecule has 0 fully saturated rings. The summed E-state index contributed by atoms with van der Waals surface area (Å²) in [5.41, 5.74) is 0.339. The highest BCUT2D eigenvalue weighted by Crippen LogP contribution is 2.26. The number of esters is 1. The number of para-hydroxylation sites is 2. The Hall–Kier alpha value is -3.36. The van der Waals surface area contributed by atoms with E-state index in [1.807, 2.05) is 6.92 Å². The van der Waals surface area contributed by atoms with Gasteiger partial charge in [-0.3, -0.25) is 4.79 Å². The van der Waals surface area contributed by atoms with Crippen LogP contribution in [0, 0.1) is 0 Å². The molecule has 0 unspecified atom stereocenters. The summed E-state index contributed by atoms with van der Waals surface area (Å²) in [6.07, 6.45) is 0.827. The van der Waals surface area contributed by atoms with Crippen molar-refractivity contribution in [1.82, 2.24) is 0 Å². The fourth-order valence-electron chi connectivity index (χ4n) is 2.14. The van der Waals surface area contributed by atoms with E-state index in [9.17, 15) is 18.4 Å². The zero-order valence-corrected chi connectivity index (χ0v) is 15.7. The Morgan fingerprint density at radius 1 is 0.966 bits per heavy atom. The van der Waals surface area contributed by atoms with Gasteiger partial charge in [-0.1, -0.05) is 19.1 Å². The molecule has 0 bridgehead atoms. The third kappa shape index (κ3) is 8.04. The molecule has 0 atom stereocenters. The number of nitrogens with one attached hydrogen (secondary N) is 1. The minimum absolute atomic E-state index is 0.0372. The highest BCUT2D eigenvalue weighted by molar-refractivity contribution is 5.92. The van der Waals surface area contributed by atoms with E-state index >= 15 is 0 Å². The number of anilines is 1. The molecular weight excluding hydrogens is 388 g/mol. The van der Waals surface area contributed by atoms with Crippen LogP contribution < -0.4 is 19.5 Å². The molecule has 0 spiro atoms. The summed E-state index contributed by atoms with van der Waals surface area (Å²) in [5.74, 6) is -0.448. The lowest BCUT2D eigenvalue weighted by Gasteiger charge is -2.12. The number of hydrogen-bond donors (Lipinski definition) is 1. The Balaban J connectivity index is 1.74. The van der Waals surface area contributed by atoms with Crippen LogP contribution in [0.2, 0.25) is 0 Å². The van der Waals surface area contributed by atoms with E-state index in [4.69, 9.17) is 14.2 Å². The van der Waals surface area contributed by atoms with Gasteiger partial charge in [0.2, 0.25) is 0 Å². The first-order valence-corrected chi connectivity index (χ1v) is 8.83. The average Bonchev–Trinajstić information content (AvgIpc) is 2.71. The second-order valence-corrected chi connectivity index (χ2v) is 5.70. The monoisotopic (exact) mass is 409 g/mol. The molecule has 9 heteroatoms. The van der Waals surface area contributed by atoms with Crippen LogP contribution in [-0.4, -0.2) is 38.3 Å². The summed E-state index contributed by atoms with van der Waals surface area (Å²) >= 11 is 0. The van der Waals surface area contributed by atoms with E-state index in [-0.39, 0.29) is 12.4 Å². The molecular formula is C20H21F2NO6. The van der Waals surface area contributed by atoms with Crippen LogP contribution in [0.15, 0.2) is 48.5 Å². The van der Waals surface area contributed by atoms with Crippen LogP contribution in [-0.2, 0) is 14.3 Å². The van der Waals surface area contributed by atoms with Gasteiger partial charge >= 0.3 is 12.6 Å². The Kier molecular flexibility index (Phi) is 8.68. The minimum atomic E-state index is -2.93. The maximum atomic E-state index is 12.1. The molecule has 0 heterocycles. The quantitative estimate of drug-likeness (QED) is 0.571. The van der Waals surface area contributed by atoms with Gasteiger partial charge in [0.15, 0.2) is 24.7 Å². The Morgan fingerprint density at radius 2 is 1.62 bits per heavy atom. The largest absolute Gasteiger partial charge is 0.490 e. The highest BCUT2D eigenvalue weighted by Gasteiger charge is 2.11. The zero-order chi connectivity index (χ0) is 21.1. The molecule has 2 aromatic carbocycles. The summed E-state index contributed by atoms with van der Waals surface area (Å²) in [6, 6.07) is 12.2. The van der Waals surface area contributed by atoms with Gasteiger partial charge in [-0.05, 0) is 42.8 Å². The van der Waals surface area contributed by atoms with Crippen molar-refractivity contribution in [2.24, 2.45) is 0 Å². The highest BCUT2D eigenvalue weighted by atomic mass is 19.3. The second kappa shape index (κ2) is 11.5. The van der Waals surface area contributed by atoms with Crippen molar-refractivity contribution < 1.29 is 37.3 Å². The molecule has 0 radical (unpaired) electrons. The van der Waals surface area contributed by atoms with Gasteiger partial charge in [0.05, 0.1) is 6.61 Å². The lowest BCUT2D eigenvalue weighted by Crippen LogP contribution is -2.23. The molecule has 0 aliphatic carbocycles. The predicted octanol–water partition coefficient (Wildman–Crippen LogP) is 3.64. The van der Waals surface area contributed by atoms with Crippen LogP contribution >= 0.6 is 0 Å². The Morgan fingerprint density at radius 3 is 2.24 bits per heavy atom. The number of rotatable bonds is 11. The topological polar surface area (TPSA) is 83.1 Å². The number of amides is 1. The number of benzene rings is 2. The smallest absolute Gasteiger partial charge is 0.387 e. The number of alkyl halides is 2. The molecule has 156 valence electrons. The zero-order valence-electron chi connectivity index (χ0n) is 15.7. The number of hydrogen-bond acceptors (Lipinski definition) is 6. The number of carbonyl (C=O) groups is 2. The third-order valence-corrected chi connectivity index (χ3v) is 3.38. The summed E-state index contributed by atoms with van der Waals surface area (Å²) in [5, 5.41) is 2.46. The predicted molar refractivity (Wildman–Crippen MR) is 100 cm³/mol. The fourth-order valence-corrected chi connectivity index (χ4v) is 2.14. The van der Waals surface area contributed by atoms with Crippen molar-refractivity contribution in [3.05, 3.63) is 48.5 Å². The van der Waals surface area contributed by atoms with Gasteiger partial charge in [-0.2, -0.15) is 8.78 Å². The standard InChI is InChI=1S/C20H21F2NO6/c1-2-11-26-16-5-3-4-6-17(16)27-13-19(25)28-12-18(24)23-14-7-9-15(10-8-14)29-20(21)22/h3-10,20H,2,11-13H2,1H3,(H,23,24). The first-order chi connectivity index (χ1) is 14.0. The molecule has 0 aliphatic heterocycles. The summed E-state index contributed by atoms with van der Waals surface area (Å²) in [7, 11) is 0. The van der Waals surface area contributed by atoms with Gasteiger partial charge in [-0.25, -0.2) is 4.79 Å². The van der Waals surface area contributed by atoms with Gasteiger partial charge in [0, 0.05) is 5.69 Å². The van der Waals surface area contributed by atoms with E-state index < -0.39 is 25.1 Å².